The molecule has 1 aromatic rings. The highest BCUT2D eigenvalue weighted by Gasteiger charge is 2.31. The molecule has 1 aliphatic heterocycles. The summed E-state index contributed by atoms with van der Waals surface area (Å²) in [6, 6.07) is 2.85. The van der Waals surface area contributed by atoms with Crippen LogP contribution in [0.1, 0.15) is 18.4 Å². The second kappa shape index (κ2) is 6.81. The molecule has 0 atom stereocenters. The SMILES string of the molecule is CN(C1CCOCC1)S(=O)(=O)c1cc(Cl)cc(CN)c1Cl. The first-order valence-corrected chi connectivity index (χ1v) is 8.81. The van der Waals surface area contributed by atoms with Crippen LogP contribution in [-0.2, 0) is 21.3 Å². The van der Waals surface area contributed by atoms with Crippen LogP contribution in [0.2, 0.25) is 10.0 Å². The lowest BCUT2D eigenvalue weighted by molar-refractivity contribution is 0.0632. The average molecular weight is 353 g/mol. The normalized spacial score (nSPS) is 17.4. The van der Waals surface area contributed by atoms with Gasteiger partial charge in [0, 0.05) is 37.9 Å². The van der Waals surface area contributed by atoms with Crippen LogP contribution in [0.25, 0.3) is 0 Å². The van der Waals surface area contributed by atoms with Gasteiger partial charge in [-0.05, 0) is 30.5 Å². The summed E-state index contributed by atoms with van der Waals surface area (Å²) in [5, 5.41) is 0.444. The van der Waals surface area contributed by atoms with Crippen molar-refractivity contribution in [3.63, 3.8) is 0 Å². The molecule has 2 N–H and O–H groups in total. The first kappa shape index (κ1) is 17.0. The number of sulfonamides is 1. The van der Waals surface area contributed by atoms with Gasteiger partial charge in [0.1, 0.15) is 4.90 Å². The zero-order chi connectivity index (χ0) is 15.6. The van der Waals surface area contributed by atoms with E-state index in [9.17, 15) is 8.42 Å². The second-order valence-electron chi connectivity index (χ2n) is 4.95. The van der Waals surface area contributed by atoms with E-state index in [-0.39, 0.29) is 22.5 Å². The maximum absolute atomic E-state index is 12.8. The molecule has 5 nitrogen and oxygen atoms in total. The van der Waals surface area contributed by atoms with Crippen molar-refractivity contribution >= 4 is 33.2 Å². The quantitative estimate of drug-likeness (QED) is 0.901. The van der Waals surface area contributed by atoms with Gasteiger partial charge in [0.25, 0.3) is 0 Å². The molecule has 1 aliphatic rings. The van der Waals surface area contributed by atoms with Crippen LogP contribution in [0.4, 0.5) is 0 Å². The molecule has 0 unspecified atom stereocenters. The molecule has 0 radical (unpaired) electrons. The first-order chi connectivity index (χ1) is 9.87. The van der Waals surface area contributed by atoms with Crippen molar-refractivity contribution < 1.29 is 13.2 Å². The fraction of sp³-hybridized carbons (Fsp3) is 0.538. The number of nitrogens with zero attached hydrogens (tertiary/aromatic N) is 1. The van der Waals surface area contributed by atoms with E-state index in [1.165, 1.54) is 10.4 Å². The van der Waals surface area contributed by atoms with Gasteiger partial charge in [-0.1, -0.05) is 23.2 Å². The Morgan fingerprint density at radius 2 is 1.95 bits per heavy atom. The molecule has 0 spiro atoms. The molecule has 1 aromatic carbocycles. The maximum Gasteiger partial charge on any atom is 0.244 e. The zero-order valence-electron chi connectivity index (χ0n) is 11.7. The Morgan fingerprint density at radius 3 is 2.52 bits per heavy atom. The van der Waals surface area contributed by atoms with Crippen molar-refractivity contribution in [2.45, 2.75) is 30.3 Å². The van der Waals surface area contributed by atoms with Crippen molar-refractivity contribution in [1.29, 1.82) is 0 Å². The smallest absolute Gasteiger partial charge is 0.244 e. The minimum absolute atomic E-state index is 0.00566. The molecular weight excluding hydrogens is 335 g/mol. The molecule has 118 valence electrons. The Hall–Kier alpha value is -0.370. The Morgan fingerprint density at radius 1 is 1.33 bits per heavy atom. The number of benzene rings is 1. The molecule has 8 heteroatoms. The zero-order valence-corrected chi connectivity index (χ0v) is 14.0. The van der Waals surface area contributed by atoms with Crippen molar-refractivity contribution in [2.24, 2.45) is 5.73 Å². The Labute approximate surface area is 135 Å². The van der Waals surface area contributed by atoms with Crippen LogP contribution in [0.15, 0.2) is 17.0 Å². The summed E-state index contributed by atoms with van der Waals surface area (Å²) < 4.78 is 32.2. The highest BCUT2D eigenvalue weighted by molar-refractivity contribution is 7.89. The molecule has 0 bridgehead atoms. The first-order valence-electron chi connectivity index (χ1n) is 6.61. The Kier molecular flexibility index (Phi) is 5.51. The van der Waals surface area contributed by atoms with E-state index < -0.39 is 10.0 Å². The molecule has 1 fully saturated rings. The van der Waals surface area contributed by atoms with E-state index >= 15 is 0 Å². The van der Waals surface area contributed by atoms with E-state index in [1.54, 1.807) is 13.1 Å². The number of rotatable bonds is 4. The van der Waals surface area contributed by atoms with Gasteiger partial charge in [0.15, 0.2) is 0 Å². The van der Waals surface area contributed by atoms with Crippen LogP contribution < -0.4 is 5.73 Å². The third kappa shape index (κ3) is 3.52. The summed E-state index contributed by atoms with van der Waals surface area (Å²) in [6.07, 6.45) is 1.33. The van der Waals surface area contributed by atoms with E-state index in [0.29, 0.717) is 36.6 Å². The highest BCUT2D eigenvalue weighted by Crippen LogP contribution is 2.32. The van der Waals surface area contributed by atoms with Gasteiger partial charge in [0.2, 0.25) is 10.0 Å². The molecule has 0 saturated carbocycles. The van der Waals surface area contributed by atoms with Crippen LogP contribution >= 0.6 is 23.2 Å². The van der Waals surface area contributed by atoms with Gasteiger partial charge in [0.05, 0.1) is 5.02 Å². The van der Waals surface area contributed by atoms with Crippen molar-refractivity contribution in [3.8, 4) is 0 Å². The minimum atomic E-state index is -3.72. The van der Waals surface area contributed by atoms with Crippen molar-refractivity contribution in [3.05, 3.63) is 27.7 Å². The Bertz CT molecular complexity index is 616. The van der Waals surface area contributed by atoms with Gasteiger partial charge < -0.3 is 10.5 Å². The fourth-order valence-corrected chi connectivity index (χ4v) is 4.69. The van der Waals surface area contributed by atoms with Gasteiger partial charge >= 0.3 is 0 Å². The molecule has 1 saturated heterocycles. The summed E-state index contributed by atoms with van der Waals surface area (Å²) in [7, 11) is -2.16. The van der Waals surface area contributed by atoms with E-state index in [4.69, 9.17) is 33.7 Å². The molecule has 2 rings (SSSR count). The highest BCUT2D eigenvalue weighted by atomic mass is 35.5. The van der Waals surface area contributed by atoms with E-state index in [0.717, 1.165) is 0 Å². The van der Waals surface area contributed by atoms with Gasteiger partial charge in [-0.3, -0.25) is 0 Å². The van der Waals surface area contributed by atoms with Gasteiger partial charge in [-0.25, -0.2) is 8.42 Å². The summed E-state index contributed by atoms with van der Waals surface area (Å²) in [6.45, 7) is 1.24. The Balaban J connectivity index is 2.41. The summed E-state index contributed by atoms with van der Waals surface area (Å²) in [4.78, 5) is 0.00566. The summed E-state index contributed by atoms with van der Waals surface area (Å²) in [5.74, 6) is 0. The molecule has 0 aliphatic carbocycles. The van der Waals surface area contributed by atoms with Gasteiger partial charge in [-0.2, -0.15) is 4.31 Å². The largest absolute Gasteiger partial charge is 0.381 e. The van der Waals surface area contributed by atoms with Crippen LogP contribution in [0, 0.1) is 0 Å². The predicted octanol–water partition coefficient (Wildman–Crippen LogP) is 2.25. The number of hydrogen-bond donors (Lipinski definition) is 1. The summed E-state index contributed by atoms with van der Waals surface area (Å²) >= 11 is 12.2. The lowest BCUT2D eigenvalue weighted by Crippen LogP contribution is -2.40. The van der Waals surface area contributed by atoms with Crippen molar-refractivity contribution in [2.75, 3.05) is 20.3 Å². The topological polar surface area (TPSA) is 72.6 Å². The lowest BCUT2D eigenvalue weighted by atomic mass is 10.1. The van der Waals surface area contributed by atoms with Gasteiger partial charge in [-0.15, -0.1) is 0 Å². The third-order valence-corrected chi connectivity index (χ3v) is 6.37. The van der Waals surface area contributed by atoms with Crippen LogP contribution in [-0.4, -0.2) is 39.0 Å². The monoisotopic (exact) mass is 352 g/mol. The molecule has 21 heavy (non-hydrogen) atoms. The minimum Gasteiger partial charge on any atom is -0.381 e. The predicted molar refractivity (Wildman–Crippen MR) is 83.1 cm³/mol. The second-order valence-corrected chi connectivity index (χ2v) is 7.73. The van der Waals surface area contributed by atoms with Crippen LogP contribution in [0.3, 0.4) is 0 Å². The number of ether oxygens (including phenoxy) is 1. The average Bonchev–Trinajstić information content (AvgIpc) is 2.49. The molecule has 0 amide bonds. The maximum atomic E-state index is 12.8. The van der Waals surface area contributed by atoms with E-state index in [1.807, 2.05) is 0 Å². The fourth-order valence-electron chi connectivity index (χ4n) is 2.35. The lowest BCUT2D eigenvalue weighted by Gasteiger charge is -2.30. The van der Waals surface area contributed by atoms with Crippen LogP contribution in [0.5, 0.6) is 0 Å². The molecule has 0 aromatic heterocycles. The number of hydrogen-bond acceptors (Lipinski definition) is 4. The number of halogens is 2. The molecular formula is C13H18Cl2N2O3S. The standard InChI is InChI=1S/C13H18Cl2N2O3S/c1-17(11-2-4-20-5-3-11)21(18,19)12-7-10(14)6-9(8-16)13(12)15/h6-7,11H,2-5,8,16H2,1H3. The summed E-state index contributed by atoms with van der Waals surface area (Å²) in [5.41, 5.74) is 6.10. The third-order valence-electron chi connectivity index (χ3n) is 3.66. The number of nitrogens with two attached hydrogens (primary N) is 1. The van der Waals surface area contributed by atoms with E-state index in [2.05, 4.69) is 0 Å². The molecule has 1 heterocycles. The van der Waals surface area contributed by atoms with Crippen molar-refractivity contribution in [1.82, 2.24) is 4.31 Å².